The van der Waals surface area contributed by atoms with E-state index in [4.69, 9.17) is 0 Å². The molecule has 1 aliphatic rings. The highest BCUT2D eigenvalue weighted by Gasteiger charge is 2.32. The molecule has 0 aliphatic carbocycles. The first kappa shape index (κ1) is 15.3. The maximum atomic E-state index is 12.3. The Morgan fingerprint density at radius 2 is 1.60 bits per heavy atom. The molecule has 1 fully saturated rings. The number of hydrogen-bond acceptors (Lipinski definition) is 3. The summed E-state index contributed by atoms with van der Waals surface area (Å²) < 4.78 is 39.0. The maximum Gasteiger partial charge on any atom is 0.401 e. The average Bonchev–Trinajstić information content (AvgIpc) is 2.58. The number of piperazine rings is 1. The molecule has 0 atom stereocenters. The minimum Gasteiger partial charge on any atom is -0.334 e. The molecule has 2 rings (SSSR count). The molecule has 0 radical (unpaired) electrons. The highest BCUT2D eigenvalue weighted by Crippen LogP contribution is 2.18. The average molecular weight is 290 g/mol. The van der Waals surface area contributed by atoms with Crippen LogP contribution in [0.5, 0.6) is 0 Å². The van der Waals surface area contributed by atoms with Gasteiger partial charge >= 0.3 is 6.18 Å². The van der Waals surface area contributed by atoms with Gasteiger partial charge in [0.2, 0.25) is 0 Å². The number of imidazole rings is 1. The van der Waals surface area contributed by atoms with E-state index in [2.05, 4.69) is 14.5 Å². The van der Waals surface area contributed by atoms with E-state index >= 15 is 0 Å². The lowest BCUT2D eigenvalue weighted by molar-refractivity contribution is -0.149. The van der Waals surface area contributed by atoms with E-state index < -0.39 is 12.7 Å². The molecule has 1 saturated heterocycles. The van der Waals surface area contributed by atoms with Crippen LogP contribution in [0, 0.1) is 13.8 Å². The van der Waals surface area contributed by atoms with Crippen molar-refractivity contribution in [2.45, 2.75) is 26.6 Å². The van der Waals surface area contributed by atoms with E-state index in [9.17, 15) is 13.2 Å². The van der Waals surface area contributed by atoms with Crippen LogP contribution in [0.15, 0.2) is 0 Å². The van der Waals surface area contributed by atoms with Crippen LogP contribution in [-0.4, -0.2) is 58.3 Å². The summed E-state index contributed by atoms with van der Waals surface area (Å²) in [4.78, 5) is 8.13. The van der Waals surface area contributed by atoms with Crippen LogP contribution in [0.3, 0.4) is 0 Å². The van der Waals surface area contributed by atoms with Crippen LogP contribution < -0.4 is 0 Å². The van der Waals surface area contributed by atoms with Gasteiger partial charge in [0, 0.05) is 38.9 Å². The first-order valence-corrected chi connectivity index (χ1v) is 6.76. The van der Waals surface area contributed by atoms with E-state index in [0.717, 1.165) is 17.2 Å². The summed E-state index contributed by atoms with van der Waals surface area (Å²) >= 11 is 0. The minimum atomic E-state index is -4.10. The first-order valence-electron chi connectivity index (χ1n) is 6.76. The Bertz CT molecular complexity index is 459. The standard InChI is InChI=1S/C13H21F3N4/c1-10-11(2)18(3)12(17-10)8-19-4-6-20(7-5-19)9-13(14,15)16/h4-9H2,1-3H3. The van der Waals surface area contributed by atoms with Gasteiger partial charge in [-0.05, 0) is 13.8 Å². The summed E-state index contributed by atoms with van der Waals surface area (Å²) in [6.45, 7) is 6.12. The summed E-state index contributed by atoms with van der Waals surface area (Å²) in [5.41, 5.74) is 2.15. The lowest BCUT2D eigenvalue weighted by Crippen LogP contribution is -2.48. The second kappa shape index (κ2) is 5.73. The number of alkyl halides is 3. The van der Waals surface area contributed by atoms with Crippen LogP contribution in [-0.2, 0) is 13.6 Å². The Labute approximate surface area is 117 Å². The third-order valence-electron chi connectivity index (χ3n) is 3.94. The predicted octanol–water partition coefficient (Wildman–Crippen LogP) is 1.72. The molecule has 1 aromatic heterocycles. The molecule has 0 bridgehead atoms. The zero-order valence-corrected chi connectivity index (χ0v) is 12.2. The van der Waals surface area contributed by atoms with Gasteiger partial charge in [0.15, 0.2) is 0 Å². The molecule has 0 unspecified atom stereocenters. The van der Waals surface area contributed by atoms with E-state index in [0.29, 0.717) is 32.7 Å². The van der Waals surface area contributed by atoms with Gasteiger partial charge in [0.1, 0.15) is 5.82 Å². The third kappa shape index (κ3) is 3.73. The Morgan fingerprint density at radius 3 is 2.05 bits per heavy atom. The van der Waals surface area contributed by atoms with Gasteiger partial charge in [-0.3, -0.25) is 9.80 Å². The highest BCUT2D eigenvalue weighted by molar-refractivity contribution is 5.13. The van der Waals surface area contributed by atoms with Crippen LogP contribution in [0.4, 0.5) is 13.2 Å². The lowest BCUT2D eigenvalue weighted by atomic mass is 10.3. The molecule has 0 saturated carbocycles. The normalized spacial score (nSPS) is 18.7. The monoisotopic (exact) mass is 290 g/mol. The summed E-state index contributed by atoms with van der Waals surface area (Å²) in [7, 11) is 1.98. The van der Waals surface area contributed by atoms with Crippen LogP contribution in [0.25, 0.3) is 0 Å². The van der Waals surface area contributed by atoms with Crippen LogP contribution in [0.1, 0.15) is 17.2 Å². The molecule has 0 N–H and O–H groups in total. The molecule has 20 heavy (non-hydrogen) atoms. The van der Waals surface area contributed by atoms with E-state index in [1.807, 2.05) is 20.9 Å². The predicted molar refractivity (Wildman–Crippen MR) is 70.5 cm³/mol. The number of aryl methyl sites for hydroxylation is 1. The van der Waals surface area contributed by atoms with Crippen molar-refractivity contribution >= 4 is 0 Å². The smallest absolute Gasteiger partial charge is 0.334 e. The maximum absolute atomic E-state index is 12.3. The fraction of sp³-hybridized carbons (Fsp3) is 0.769. The van der Waals surface area contributed by atoms with Crippen molar-refractivity contribution in [3.05, 3.63) is 17.2 Å². The van der Waals surface area contributed by atoms with Crippen molar-refractivity contribution in [2.24, 2.45) is 7.05 Å². The van der Waals surface area contributed by atoms with Crippen molar-refractivity contribution in [3.63, 3.8) is 0 Å². The topological polar surface area (TPSA) is 24.3 Å². The Kier molecular flexibility index (Phi) is 4.39. The highest BCUT2D eigenvalue weighted by atomic mass is 19.4. The molecule has 4 nitrogen and oxygen atoms in total. The fourth-order valence-corrected chi connectivity index (χ4v) is 2.49. The molecule has 0 aromatic carbocycles. The summed E-state index contributed by atoms with van der Waals surface area (Å²) in [6.07, 6.45) is -4.10. The molecule has 0 amide bonds. The van der Waals surface area contributed by atoms with Gasteiger partial charge < -0.3 is 4.57 Å². The van der Waals surface area contributed by atoms with Crippen molar-refractivity contribution in [1.29, 1.82) is 0 Å². The number of aromatic nitrogens is 2. The minimum absolute atomic E-state index is 0.460. The Balaban J connectivity index is 1.87. The zero-order chi connectivity index (χ0) is 14.9. The van der Waals surface area contributed by atoms with Gasteiger partial charge in [-0.2, -0.15) is 13.2 Å². The molecular weight excluding hydrogens is 269 g/mol. The molecule has 0 spiro atoms. The van der Waals surface area contributed by atoms with Crippen LogP contribution >= 0.6 is 0 Å². The van der Waals surface area contributed by atoms with Gasteiger partial charge in [-0.25, -0.2) is 4.98 Å². The Morgan fingerprint density at radius 1 is 1.05 bits per heavy atom. The number of nitrogens with zero attached hydrogens (tertiary/aromatic N) is 4. The quantitative estimate of drug-likeness (QED) is 0.847. The van der Waals surface area contributed by atoms with Crippen molar-refractivity contribution in [2.75, 3.05) is 32.7 Å². The van der Waals surface area contributed by atoms with Crippen molar-refractivity contribution < 1.29 is 13.2 Å². The third-order valence-corrected chi connectivity index (χ3v) is 3.94. The van der Waals surface area contributed by atoms with E-state index in [1.54, 1.807) is 0 Å². The number of halogens is 3. The molecule has 1 aliphatic heterocycles. The summed E-state index contributed by atoms with van der Waals surface area (Å²) in [6, 6.07) is 0. The molecule has 114 valence electrons. The van der Waals surface area contributed by atoms with Gasteiger partial charge in [0.25, 0.3) is 0 Å². The second-order valence-corrected chi connectivity index (χ2v) is 5.43. The molecular formula is C13H21F3N4. The largest absolute Gasteiger partial charge is 0.401 e. The molecule has 2 heterocycles. The van der Waals surface area contributed by atoms with Crippen LogP contribution in [0.2, 0.25) is 0 Å². The number of hydrogen-bond donors (Lipinski definition) is 0. The van der Waals surface area contributed by atoms with Crippen molar-refractivity contribution in [3.8, 4) is 0 Å². The van der Waals surface area contributed by atoms with Gasteiger partial charge in [0.05, 0.1) is 18.8 Å². The first-order chi connectivity index (χ1) is 9.26. The molecule has 7 heteroatoms. The lowest BCUT2D eigenvalue weighted by Gasteiger charge is -2.34. The summed E-state index contributed by atoms with van der Waals surface area (Å²) in [5, 5.41) is 0. The molecule has 1 aromatic rings. The van der Waals surface area contributed by atoms with Gasteiger partial charge in [-0.15, -0.1) is 0 Å². The summed E-state index contributed by atoms with van der Waals surface area (Å²) in [5.74, 6) is 0.976. The van der Waals surface area contributed by atoms with Gasteiger partial charge in [-0.1, -0.05) is 0 Å². The zero-order valence-electron chi connectivity index (χ0n) is 12.2. The van der Waals surface area contributed by atoms with Crippen molar-refractivity contribution in [1.82, 2.24) is 19.4 Å². The SMILES string of the molecule is Cc1nc(CN2CCN(CC(F)(F)F)CC2)n(C)c1C. The fourth-order valence-electron chi connectivity index (χ4n) is 2.49. The second-order valence-electron chi connectivity index (χ2n) is 5.43. The van der Waals surface area contributed by atoms with E-state index in [1.165, 1.54) is 4.90 Å². The van der Waals surface area contributed by atoms with E-state index in [-0.39, 0.29) is 0 Å². The number of rotatable bonds is 3. The Hall–Kier alpha value is -1.08.